The van der Waals surface area contributed by atoms with E-state index in [2.05, 4.69) is 20.8 Å². The number of rotatable bonds is 3. The minimum atomic E-state index is 0.397. The molecule has 0 aliphatic carbocycles. The normalized spacial score (nSPS) is 12.9. The smallest absolute Gasteiger partial charge is 0.119 e. The van der Waals surface area contributed by atoms with E-state index in [-0.39, 0.29) is 0 Å². The highest BCUT2D eigenvalue weighted by Gasteiger charge is 2.14. The average Bonchev–Trinajstić information content (AvgIpc) is 2.15. The minimum absolute atomic E-state index is 0.397. The lowest BCUT2D eigenvalue weighted by atomic mass is 9.87. The predicted octanol–water partition coefficient (Wildman–Crippen LogP) is 2.77. The van der Waals surface area contributed by atoms with Crippen LogP contribution in [0.3, 0.4) is 0 Å². The van der Waals surface area contributed by atoms with Crippen LogP contribution in [0.5, 0.6) is 5.75 Å². The highest BCUT2D eigenvalue weighted by molar-refractivity contribution is 5.48. The van der Waals surface area contributed by atoms with E-state index in [0.717, 1.165) is 17.5 Å². The van der Waals surface area contributed by atoms with Gasteiger partial charge in [-0.15, -0.1) is 0 Å². The second-order valence-corrected chi connectivity index (χ2v) is 4.35. The summed E-state index contributed by atoms with van der Waals surface area (Å²) in [6.07, 6.45) is 0.992. The molecule has 0 radical (unpaired) electrons. The van der Waals surface area contributed by atoms with Crippen molar-refractivity contribution in [1.29, 1.82) is 0 Å². The molecule has 0 aromatic heterocycles. The highest BCUT2D eigenvalue weighted by atomic mass is 16.3. The Labute approximate surface area is 92.1 Å². The molecule has 1 atom stereocenters. The van der Waals surface area contributed by atoms with Crippen LogP contribution in [0, 0.1) is 20.8 Å². The molecule has 84 valence electrons. The van der Waals surface area contributed by atoms with E-state index in [1.54, 1.807) is 0 Å². The van der Waals surface area contributed by atoms with Crippen molar-refractivity contribution >= 4 is 0 Å². The zero-order chi connectivity index (χ0) is 11.6. The summed E-state index contributed by atoms with van der Waals surface area (Å²) in [7, 11) is 0. The number of aromatic hydroxyl groups is 1. The maximum atomic E-state index is 9.69. The van der Waals surface area contributed by atoms with E-state index >= 15 is 0 Å². The molecular weight excluding hydrogens is 186 g/mol. The van der Waals surface area contributed by atoms with E-state index in [0.29, 0.717) is 18.2 Å². The van der Waals surface area contributed by atoms with Crippen LogP contribution < -0.4 is 5.73 Å². The van der Waals surface area contributed by atoms with Gasteiger partial charge < -0.3 is 10.8 Å². The molecule has 0 bridgehead atoms. The van der Waals surface area contributed by atoms with Crippen molar-refractivity contribution in [2.75, 3.05) is 6.54 Å². The minimum Gasteiger partial charge on any atom is -0.508 e. The Balaban J connectivity index is 3.23. The summed E-state index contributed by atoms with van der Waals surface area (Å²) < 4.78 is 0. The van der Waals surface area contributed by atoms with Crippen LogP contribution in [-0.2, 0) is 0 Å². The van der Waals surface area contributed by atoms with Gasteiger partial charge in [0.25, 0.3) is 0 Å². The van der Waals surface area contributed by atoms with Crippen LogP contribution in [-0.4, -0.2) is 11.7 Å². The third kappa shape index (κ3) is 2.32. The Bertz CT molecular complexity index is 358. The van der Waals surface area contributed by atoms with Crippen molar-refractivity contribution in [1.82, 2.24) is 0 Å². The van der Waals surface area contributed by atoms with Gasteiger partial charge in [0, 0.05) is 0 Å². The number of nitrogens with two attached hydrogens (primary N) is 1. The zero-order valence-corrected chi connectivity index (χ0v) is 10.1. The lowest BCUT2D eigenvalue weighted by molar-refractivity contribution is 0.469. The molecule has 0 fully saturated rings. The largest absolute Gasteiger partial charge is 0.508 e. The standard InChI is InChI=1S/C13H21NO/c1-8(5-6-14)13-9(2)7-12(15)10(3)11(13)4/h7-8,15H,5-6,14H2,1-4H3. The van der Waals surface area contributed by atoms with E-state index in [9.17, 15) is 5.11 Å². The molecule has 3 N–H and O–H groups in total. The molecule has 0 heterocycles. The van der Waals surface area contributed by atoms with Gasteiger partial charge in [-0.2, -0.15) is 0 Å². The first kappa shape index (κ1) is 12.1. The first-order valence-electron chi connectivity index (χ1n) is 5.48. The Morgan fingerprint density at radius 1 is 1.27 bits per heavy atom. The molecule has 15 heavy (non-hydrogen) atoms. The summed E-state index contributed by atoms with van der Waals surface area (Å²) in [5.41, 5.74) is 10.3. The second kappa shape index (κ2) is 4.67. The lowest BCUT2D eigenvalue weighted by Gasteiger charge is -2.19. The predicted molar refractivity (Wildman–Crippen MR) is 64.4 cm³/mol. The molecule has 1 rings (SSSR count). The monoisotopic (exact) mass is 207 g/mol. The van der Waals surface area contributed by atoms with Gasteiger partial charge in [-0.3, -0.25) is 0 Å². The number of aryl methyl sites for hydroxylation is 1. The fourth-order valence-electron chi connectivity index (χ4n) is 2.23. The van der Waals surface area contributed by atoms with E-state index in [4.69, 9.17) is 5.73 Å². The summed E-state index contributed by atoms with van der Waals surface area (Å²) >= 11 is 0. The van der Waals surface area contributed by atoms with Crippen molar-refractivity contribution in [3.63, 3.8) is 0 Å². The molecular formula is C13H21NO. The molecule has 0 aliphatic heterocycles. The topological polar surface area (TPSA) is 46.2 Å². The van der Waals surface area contributed by atoms with Crippen molar-refractivity contribution in [3.8, 4) is 5.75 Å². The molecule has 0 spiro atoms. The van der Waals surface area contributed by atoms with Gasteiger partial charge in [0.05, 0.1) is 0 Å². The number of benzene rings is 1. The van der Waals surface area contributed by atoms with Crippen LogP contribution in [0.25, 0.3) is 0 Å². The number of hydrogen-bond acceptors (Lipinski definition) is 2. The third-order valence-corrected chi connectivity index (χ3v) is 3.22. The number of phenolic OH excluding ortho intramolecular Hbond substituents is 1. The highest BCUT2D eigenvalue weighted by Crippen LogP contribution is 2.32. The van der Waals surface area contributed by atoms with E-state index in [1.807, 2.05) is 13.0 Å². The van der Waals surface area contributed by atoms with E-state index < -0.39 is 0 Å². The summed E-state index contributed by atoms with van der Waals surface area (Å²) in [6.45, 7) is 8.99. The Kier molecular flexibility index (Phi) is 3.75. The Morgan fingerprint density at radius 2 is 1.87 bits per heavy atom. The van der Waals surface area contributed by atoms with Crippen molar-refractivity contribution in [2.24, 2.45) is 5.73 Å². The number of phenols is 1. The SMILES string of the molecule is Cc1cc(O)c(C)c(C)c1C(C)CCN. The molecule has 1 unspecified atom stereocenters. The van der Waals surface area contributed by atoms with Gasteiger partial charge in [-0.25, -0.2) is 0 Å². The molecule has 0 aliphatic rings. The van der Waals surface area contributed by atoms with Crippen molar-refractivity contribution in [3.05, 3.63) is 28.3 Å². The molecule has 0 amide bonds. The third-order valence-electron chi connectivity index (χ3n) is 3.22. The molecule has 1 aromatic carbocycles. The average molecular weight is 207 g/mol. The Hall–Kier alpha value is -1.02. The van der Waals surface area contributed by atoms with Gasteiger partial charge >= 0.3 is 0 Å². The zero-order valence-electron chi connectivity index (χ0n) is 10.1. The second-order valence-electron chi connectivity index (χ2n) is 4.35. The van der Waals surface area contributed by atoms with Crippen LogP contribution in [0.2, 0.25) is 0 Å². The van der Waals surface area contributed by atoms with Gasteiger partial charge in [0.1, 0.15) is 5.75 Å². The van der Waals surface area contributed by atoms with Crippen LogP contribution >= 0.6 is 0 Å². The van der Waals surface area contributed by atoms with Gasteiger partial charge in [0.2, 0.25) is 0 Å². The fourth-order valence-corrected chi connectivity index (χ4v) is 2.23. The van der Waals surface area contributed by atoms with Crippen molar-refractivity contribution < 1.29 is 5.11 Å². The lowest BCUT2D eigenvalue weighted by Crippen LogP contribution is -2.08. The van der Waals surface area contributed by atoms with E-state index in [1.165, 1.54) is 11.1 Å². The maximum Gasteiger partial charge on any atom is 0.119 e. The van der Waals surface area contributed by atoms with Crippen LogP contribution in [0.1, 0.15) is 41.5 Å². The molecule has 0 saturated heterocycles. The van der Waals surface area contributed by atoms with Gasteiger partial charge in [-0.1, -0.05) is 6.92 Å². The molecule has 0 saturated carbocycles. The first-order valence-corrected chi connectivity index (χ1v) is 5.48. The fraction of sp³-hybridized carbons (Fsp3) is 0.538. The molecule has 1 aromatic rings. The summed E-state index contributed by atoms with van der Waals surface area (Å²) in [6, 6.07) is 1.85. The van der Waals surface area contributed by atoms with Crippen LogP contribution in [0.4, 0.5) is 0 Å². The number of hydrogen-bond donors (Lipinski definition) is 2. The summed E-state index contributed by atoms with van der Waals surface area (Å²) in [5, 5.41) is 9.69. The quantitative estimate of drug-likeness (QED) is 0.800. The Morgan fingerprint density at radius 3 is 2.40 bits per heavy atom. The first-order chi connectivity index (χ1) is 6.99. The summed E-state index contributed by atoms with van der Waals surface area (Å²) in [4.78, 5) is 0. The summed E-state index contributed by atoms with van der Waals surface area (Å²) in [5.74, 6) is 0.864. The maximum absolute atomic E-state index is 9.69. The molecule has 2 heteroatoms. The van der Waals surface area contributed by atoms with Crippen molar-refractivity contribution in [2.45, 2.75) is 40.0 Å². The van der Waals surface area contributed by atoms with Crippen LogP contribution in [0.15, 0.2) is 6.07 Å². The van der Waals surface area contributed by atoms with Gasteiger partial charge in [-0.05, 0) is 68.0 Å². The molecule has 2 nitrogen and oxygen atoms in total. The van der Waals surface area contributed by atoms with Gasteiger partial charge in [0.15, 0.2) is 0 Å².